The van der Waals surface area contributed by atoms with Gasteiger partial charge in [0.15, 0.2) is 0 Å². The molecule has 0 saturated carbocycles. The van der Waals surface area contributed by atoms with Gasteiger partial charge in [-0.05, 0) is 44.6 Å². The first kappa shape index (κ1) is 19.2. The fraction of sp³-hybridized carbons (Fsp3) is 0.364. The van der Waals surface area contributed by atoms with E-state index in [2.05, 4.69) is 4.90 Å². The number of hydrogen-bond acceptors (Lipinski definition) is 3. The molecule has 1 aliphatic rings. The lowest BCUT2D eigenvalue weighted by atomic mass is 10.1. The molecule has 0 aromatic heterocycles. The van der Waals surface area contributed by atoms with Gasteiger partial charge in [0.25, 0.3) is 11.8 Å². The minimum atomic E-state index is -0.180. The van der Waals surface area contributed by atoms with Crippen molar-refractivity contribution in [1.29, 1.82) is 0 Å². The molecule has 3 rings (SSSR count). The third kappa shape index (κ3) is 4.61. The highest BCUT2D eigenvalue weighted by Gasteiger charge is 2.34. The molecule has 0 saturated heterocycles. The Morgan fingerprint density at radius 3 is 2.11 bits per heavy atom. The molecule has 2 aromatic rings. The number of rotatable bonds is 9. The van der Waals surface area contributed by atoms with E-state index in [1.807, 2.05) is 19.2 Å². The number of carbonyl (C=O) groups excluding carboxylic acids is 2. The lowest BCUT2D eigenvalue weighted by molar-refractivity contribution is 0.0651. The summed E-state index contributed by atoms with van der Waals surface area (Å²) in [7, 11) is 1.99. The lowest BCUT2D eigenvalue weighted by Crippen LogP contribution is -2.30. The molecule has 0 bridgehead atoms. The molecule has 2 amide bonds. The summed E-state index contributed by atoms with van der Waals surface area (Å²) in [6.45, 7) is 1.96. The van der Waals surface area contributed by atoms with Crippen LogP contribution in [-0.4, -0.2) is 41.8 Å². The Kier molecular flexibility index (Phi) is 6.35. The van der Waals surface area contributed by atoms with Gasteiger partial charge in [-0.2, -0.15) is 0 Å². The van der Waals surface area contributed by atoms with Crippen LogP contribution < -0.4 is 0 Å². The van der Waals surface area contributed by atoms with E-state index in [-0.39, 0.29) is 17.6 Å². The van der Waals surface area contributed by atoms with Gasteiger partial charge in [0.1, 0.15) is 5.82 Å². The molecule has 0 N–H and O–H groups in total. The molecule has 142 valence electrons. The Balaban J connectivity index is 1.34. The minimum absolute atomic E-state index is 0.162. The number of fused-ring (bicyclic) bond motifs is 1. The Bertz CT molecular complexity index is 786. The van der Waals surface area contributed by atoms with Crippen molar-refractivity contribution in [2.45, 2.75) is 32.2 Å². The van der Waals surface area contributed by atoms with Gasteiger partial charge in [0.05, 0.1) is 11.1 Å². The van der Waals surface area contributed by atoms with Gasteiger partial charge in [-0.1, -0.05) is 43.2 Å². The van der Waals surface area contributed by atoms with Crippen LogP contribution in [-0.2, 0) is 6.54 Å². The number of benzene rings is 2. The summed E-state index contributed by atoms with van der Waals surface area (Å²) in [6, 6.07) is 13.8. The normalized spacial score (nSPS) is 13.5. The standard InChI is InChI=1S/C22H25FN2O2/c1-24(16-17-10-4-7-13-20(17)23)14-8-2-3-9-15-25-21(26)18-11-5-6-12-19(18)22(25)27/h4-7,10-13H,2-3,8-9,14-16H2,1H3. The third-order valence-corrected chi connectivity index (χ3v) is 4.95. The molecule has 0 radical (unpaired) electrons. The quantitative estimate of drug-likeness (QED) is 0.494. The van der Waals surface area contributed by atoms with Crippen molar-refractivity contribution in [2.24, 2.45) is 0 Å². The summed E-state index contributed by atoms with van der Waals surface area (Å²) in [6.07, 6.45) is 3.79. The van der Waals surface area contributed by atoms with E-state index in [0.717, 1.165) is 32.2 Å². The highest BCUT2D eigenvalue weighted by Crippen LogP contribution is 2.22. The van der Waals surface area contributed by atoms with Crippen molar-refractivity contribution in [2.75, 3.05) is 20.1 Å². The first-order valence-electron chi connectivity index (χ1n) is 9.45. The van der Waals surface area contributed by atoms with E-state index in [0.29, 0.717) is 29.8 Å². The smallest absolute Gasteiger partial charge is 0.261 e. The summed E-state index contributed by atoms with van der Waals surface area (Å²) in [4.78, 5) is 28.0. The fourth-order valence-corrected chi connectivity index (χ4v) is 3.44. The second-order valence-corrected chi connectivity index (χ2v) is 7.05. The Morgan fingerprint density at radius 2 is 1.44 bits per heavy atom. The molecular weight excluding hydrogens is 343 g/mol. The number of imide groups is 1. The molecule has 2 aromatic carbocycles. The topological polar surface area (TPSA) is 40.6 Å². The molecule has 27 heavy (non-hydrogen) atoms. The number of carbonyl (C=O) groups is 2. The van der Waals surface area contributed by atoms with Gasteiger partial charge in [-0.15, -0.1) is 0 Å². The van der Waals surface area contributed by atoms with Crippen LogP contribution in [0.15, 0.2) is 48.5 Å². The van der Waals surface area contributed by atoms with Crippen molar-refractivity contribution in [1.82, 2.24) is 9.80 Å². The zero-order chi connectivity index (χ0) is 19.2. The van der Waals surface area contributed by atoms with Gasteiger partial charge < -0.3 is 4.90 Å². The van der Waals surface area contributed by atoms with Crippen LogP contribution in [0.25, 0.3) is 0 Å². The number of hydrogen-bond donors (Lipinski definition) is 0. The molecule has 0 aliphatic carbocycles. The maximum Gasteiger partial charge on any atom is 0.261 e. The average Bonchev–Trinajstić information content (AvgIpc) is 2.91. The molecule has 0 fully saturated rings. The first-order chi connectivity index (χ1) is 13.1. The predicted octanol–water partition coefficient (Wildman–Crippen LogP) is 4.11. The Hall–Kier alpha value is -2.53. The summed E-state index contributed by atoms with van der Waals surface area (Å²) >= 11 is 0. The predicted molar refractivity (Wildman–Crippen MR) is 103 cm³/mol. The van der Waals surface area contributed by atoms with Crippen molar-refractivity contribution >= 4 is 11.8 Å². The molecule has 4 nitrogen and oxygen atoms in total. The highest BCUT2D eigenvalue weighted by atomic mass is 19.1. The van der Waals surface area contributed by atoms with E-state index in [1.54, 1.807) is 30.3 Å². The number of unbranched alkanes of at least 4 members (excludes halogenated alkanes) is 3. The largest absolute Gasteiger partial charge is 0.302 e. The lowest BCUT2D eigenvalue weighted by Gasteiger charge is -2.17. The molecule has 0 spiro atoms. The van der Waals surface area contributed by atoms with Crippen LogP contribution in [0.5, 0.6) is 0 Å². The van der Waals surface area contributed by atoms with Gasteiger partial charge >= 0.3 is 0 Å². The van der Waals surface area contributed by atoms with Crippen LogP contribution in [0.3, 0.4) is 0 Å². The molecule has 1 aliphatic heterocycles. The average molecular weight is 368 g/mol. The zero-order valence-electron chi connectivity index (χ0n) is 15.7. The van der Waals surface area contributed by atoms with E-state index in [9.17, 15) is 14.0 Å². The molecule has 0 atom stereocenters. The number of nitrogens with zero attached hydrogens (tertiary/aromatic N) is 2. The van der Waals surface area contributed by atoms with E-state index in [1.165, 1.54) is 11.0 Å². The second-order valence-electron chi connectivity index (χ2n) is 7.05. The van der Waals surface area contributed by atoms with Crippen LogP contribution >= 0.6 is 0 Å². The zero-order valence-corrected chi connectivity index (χ0v) is 15.7. The molecule has 1 heterocycles. The highest BCUT2D eigenvalue weighted by molar-refractivity contribution is 6.21. The summed E-state index contributed by atoms with van der Waals surface area (Å²) in [5.74, 6) is -0.522. The van der Waals surface area contributed by atoms with E-state index >= 15 is 0 Å². The number of halogens is 1. The van der Waals surface area contributed by atoms with Crippen molar-refractivity contribution in [3.05, 3.63) is 71.0 Å². The van der Waals surface area contributed by atoms with Gasteiger partial charge in [-0.25, -0.2) is 4.39 Å². The van der Waals surface area contributed by atoms with Crippen LogP contribution in [0.4, 0.5) is 4.39 Å². The third-order valence-electron chi connectivity index (χ3n) is 4.95. The Morgan fingerprint density at radius 1 is 0.852 bits per heavy atom. The van der Waals surface area contributed by atoms with E-state index < -0.39 is 0 Å². The van der Waals surface area contributed by atoms with Crippen LogP contribution in [0.2, 0.25) is 0 Å². The van der Waals surface area contributed by atoms with Gasteiger partial charge in [0, 0.05) is 18.7 Å². The first-order valence-corrected chi connectivity index (χ1v) is 9.45. The SMILES string of the molecule is CN(CCCCCCN1C(=O)c2ccccc2C1=O)Cc1ccccc1F. The maximum absolute atomic E-state index is 13.7. The van der Waals surface area contributed by atoms with Crippen molar-refractivity contribution in [3.63, 3.8) is 0 Å². The van der Waals surface area contributed by atoms with Crippen molar-refractivity contribution < 1.29 is 14.0 Å². The van der Waals surface area contributed by atoms with Crippen LogP contribution in [0.1, 0.15) is 52.0 Å². The van der Waals surface area contributed by atoms with Crippen molar-refractivity contribution in [3.8, 4) is 0 Å². The van der Waals surface area contributed by atoms with Gasteiger partial charge in [0.2, 0.25) is 0 Å². The summed E-state index contributed by atoms with van der Waals surface area (Å²) in [5.41, 5.74) is 1.74. The summed E-state index contributed by atoms with van der Waals surface area (Å²) in [5, 5.41) is 0. The fourth-order valence-electron chi connectivity index (χ4n) is 3.44. The summed E-state index contributed by atoms with van der Waals surface area (Å²) < 4.78 is 13.7. The number of amides is 2. The monoisotopic (exact) mass is 368 g/mol. The van der Waals surface area contributed by atoms with Gasteiger partial charge in [-0.3, -0.25) is 14.5 Å². The minimum Gasteiger partial charge on any atom is -0.302 e. The maximum atomic E-state index is 13.7. The molecular formula is C22H25FN2O2. The van der Waals surface area contributed by atoms with Crippen LogP contribution in [0, 0.1) is 5.82 Å². The Labute approximate surface area is 159 Å². The molecule has 5 heteroatoms. The second kappa shape index (κ2) is 8.91. The molecule has 0 unspecified atom stereocenters. The van der Waals surface area contributed by atoms with E-state index in [4.69, 9.17) is 0 Å².